The van der Waals surface area contributed by atoms with Crippen molar-refractivity contribution in [1.29, 1.82) is 0 Å². The first kappa shape index (κ1) is 15.8. The molecular formula is Cl2FeHfO. The molecule has 0 saturated heterocycles. The Bertz CT molecular complexity index is 9.61. The van der Waals surface area contributed by atoms with Crippen LogP contribution in [0.2, 0.25) is 0 Å². The standard InChI is InChI=1S/Cl2O.Fe.Hf/c1-3-2;;. The van der Waals surface area contributed by atoms with Gasteiger partial charge in [0.05, 0.1) is 23.7 Å². The van der Waals surface area contributed by atoms with E-state index in [9.17, 15) is 0 Å². The van der Waals surface area contributed by atoms with Crippen LogP contribution in [0.1, 0.15) is 0 Å². The fourth-order valence-corrected chi connectivity index (χ4v) is 0. The van der Waals surface area contributed by atoms with Gasteiger partial charge in [-0.15, -0.1) is 0 Å². The molecule has 0 N–H and O–H groups in total. The molecule has 0 aromatic heterocycles. The van der Waals surface area contributed by atoms with Crippen LogP contribution in [0.5, 0.6) is 0 Å². The summed E-state index contributed by atoms with van der Waals surface area (Å²) in [7, 11) is 0. The molecule has 0 aromatic rings. The Morgan fingerprint density at radius 3 is 1.20 bits per heavy atom. The van der Waals surface area contributed by atoms with Crippen LogP contribution in [-0.2, 0) is 46.8 Å². The van der Waals surface area contributed by atoms with Crippen LogP contribution < -0.4 is 0 Å². The zero-order valence-corrected chi connectivity index (χ0v) is 8.23. The van der Waals surface area contributed by atoms with Crippen LogP contribution in [0, 0.1) is 0 Å². The van der Waals surface area contributed by atoms with Crippen molar-refractivity contribution in [1.82, 2.24) is 0 Å². The van der Waals surface area contributed by atoms with Crippen molar-refractivity contribution in [3.05, 3.63) is 0 Å². The molecule has 5 heteroatoms. The normalized spacial score (nSPS) is 3.60. The van der Waals surface area contributed by atoms with E-state index < -0.39 is 0 Å². The van der Waals surface area contributed by atoms with Gasteiger partial charge in [0.15, 0.2) is 0 Å². The third-order valence-electron chi connectivity index (χ3n) is 0. The summed E-state index contributed by atoms with van der Waals surface area (Å²) in [5.41, 5.74) is 0. The third kappa shape index (κ3) is 24.6. The van der Waals surface area contributed by atoms with Crippen molar-refractivity contribution in [2.75, 3.05) is 0 Å². The van der Waals surface area contributed by atoms with Gasteiger partial charge < -0.3 is 0 Å². The van der Waals surface area contributed by atoms with Crippen LogP contribution in [0.4, 0.5) is 0 Å². The van der Waals surface area contributed by atoms with E-state index in [0.717, 1.165) is 0 Å². The molecule has 0 aliphatic heterocycles. The minimum absolute atomic E-state index is 0. The molecule has 0 aliphatic carbocycles. The van der Waals surface area contributed by atoms with Crippen molar-refractivity contribution in [3.8, 4) is 0 Å². The Labute approximate surface area is 69.9 Å². The molecular weight excluding hydrogens is 321 g/mol. The monoisotopic (exact) mass is 322 g/mol. The average Bonchev–Trinajstić information content (AvgIpc) is 0.918. The van der Waals surface area contributed by atoms with Crippen LogP contribution in [0.15, 0.2) is 0 Å². The van der Waals surface area contributed by atoms with Gasteiger partial charge in [-0.3, -0.25) is 0 Å². The van der Waals surface area contributed by atoms with Gasteiger partial charge in [0.1, 0.15) is 0 Å². The largest absolute Gasteiger partial charge is 0.166 e. The maximum absolute atomic E-state index is 4.26. The molecule has 0 rings (SSSR count). The summed E-state index contributed by atoms with van der Waals surface area (Å²) in [4.78, 5) is 0. The smallest absolute Gasteiger partial charge is 0.0832 e. The fourth-order valence-electron chi connectivity index (χ4n) is 0. The maximum Gasteiger partial charge on any atom is 0.0832 e. The molecule has 0 fully saturated rings. The van der Waals surface area contributed by atoms with E-state index >= 15 is 0 Å². The molecule has 0 atom stereocenters. The topological polar surface area (TPSA) is 9.23 Å². The predicted octanol–water partition coefficient (Wildman–Crippen LogP) is 1.31. The summed E-state index contributed by atoms with van der Waals surface area (Å²) in [6.07, 6.45) is 0. The van der Waals surface area contributed by atoms with E-state index in [-0.39, 0.29) is 42.9 Å². The summed E-state index contributed by atoms with van der Waals surface area (Å²) in [5.74, 6) is 0. The fraction of sp³-hybridized carbons (Fsp3) is 0. The molecule has 0 heterocycles. The van der Waals surface area contributed by atoms with Gasteiger partial charge in [0.2, 0.25) is 0 Å². The molecule has 32 valence electrons. The Hall–Kier alpha value is 1.93. The van der Waals surface area contributed by atoms with Crippen LogP contribution >= 0.6 is 23.7 Å². The summed E-state index contributed by atoms with van der Waals surface area (Å²) in [6, 6.07) is 0. The maximum atomic E-state index is 4.26. The number of rotatable bonds is 0. The van der Waals surface area contributed by atoms with Gasteiger partial charge in [-0.05, 0) is 0 Å². The van der Waals surface area contributed by atoms with Crippen molar-refractivity contribution in [2.45, 2.75) is 0 Å². The summed E-state index contributed by atoms with van der Waals surface area (Å²) in [5, 5.41) is 0. The average molecular weight is 321 g/mol. The van der Waals surface area contributed by atoms with E-state index in [4.69, 9.17) is 0 Å². The Balaban J connectivity index is -0.0000000200. The summed E-state index contributed by atoms with van der Waals surface area (Å²) >= 11 is 8.53. The molecule has 0 aromatic carbocycles. The zero-order chi connectivity index (χ0) is 2.71. The number of hydrogen-bond donors (Lipinski definition) is 0. The van der Waals surface area contributed by atoms with Gasteiger partial charge in [-0.25, -0.2) is 0 Å². The van der Waals surface area contributed by atoms with E-state index in [1.165, 1.54) is 0 Å². The SMILES string of the molecule is ClOCl.[Fe].[Hf]. The first-order valence-corrected chi connectivity index (χ1v) is 0.926. The third-order valence-corrected chi connectivity index (χ3v) is 0. The molecule has 0 spiro atoms. The zero-order valence-electron chi connectivity index (χ0n) is 2.02. The second-order valence-electron chi connectivity index (χ2n) is 0.0583. The quantitative estimate of drug-likeness (QED) is 0.611. The van der Waals surface area contributed by atoms with Gasteiger partial charge in [0.25, 0.3) is 0 Å². The second-order valence-corrected chi connectivity index (χ2v) is 0.525. The van der Waals surface area contributed by atoms with Crippen LogP contribution in [0.3, 0.4) is 0 Å². The second kappa shape index (κ2) is 16.8. The molecule has 0 amide bonds. The van der Waals surface area contributed by atoms with Gasteiger partial charge in [0, 0.05) is 42.9 Å². The predicted molar refractivity (Wildman–Crippen MR) is 12.8 cm³/mol. The number of hydrogen-bond acceptors (Lipinski definition) is 1. The van der Waals surface area contributed by atoms with E-state index in [0.29, 0.717) is 0 Å². The molecule has 0 radical (unpaired) electrons. The minimum Gasteiger partial charge on any atom is -0.166 e. The Kier molecular flexibility index (Phi) is 53.0. The minimum atomic E-state index is 0. The molecule has 5 heavy (non-hydrogen) atoms. The number of halogens is 2. The van der Waals surface area contributed by atoms with Gasteiger partial charge in [-0.1, -0.05) is 0 Å². The van der Waals surface area contributed by atoms with E-state index in [2.05, 4.69) is 27.6 Å². The summed E-state index contributed by atoms with van der Waals surface area (Å²) in [6.45, 7) is 0. The first-order valence-electron chi connectivity index (χ1n) is 0.309. The van der Waals surface area contributed by atoms with Crippen molar-refractivity contribution in [2.24, 2.45) is 0 Å². The van der Waals surface area contributed by atoms with Gasteiger partial charge >= 0.3 is 0 Å². The van der Waals surface area contributed by atoms with Gasteiger partial charge in [-0.2, -0.15) is 3.84 Å². The molecule has 0 saturated carbocycles. The van der Waals surface area contributed by atoms with Crippen LogP contribution in [-0.4, -0.2) is 0 Å². The van der Waals surface area contributed by atoms with Crippen molar-refractivity contribution >= 4 is 23.7 Å². The molecule has 0 bridgehead atoms. The first-order chi connectivity index (χ1) is 1.41. The van der Waals surface area contributed by atoms with E-state index in [1.54, 1.807) is 0 Å². The van der Waals surface area contributed by atoms with Crippen molar-refractivity contribution < 1.29 is 46.8 Å². The molecule has 0 unspecified atom stereocenters. The summed E-state index contributed by atoms with van der Waals surface area (Å²) < 4.78 is 3.19. The van der Waals surface area contributed by atoms with Crippen molar-refractivity contribution in [3.63, 3.8) is 0 Å². The Morgan fingerprint density at radius 2 is 1.20 bits per heavy atom. The molecule has 0 aliphatic rings. The van der Waals surface area contributed by atoms with E-state index in [1.807, 2.05) is 0 Å². The molecule has 1 nitrogen and oxygen atoms in total. The Morgan fingerprint density at radius 1 is 1.20 bits per heavy atom. The van der Waals surface area contributed by atoms with Crippen LogP contribution in [0.25, 0.3) is 0 Å².